The van der Waals surface area contributed by atoms with E-state index in [0.717, 1.165) is 3.79 Å². The Balaban J connectivity index is 2.97. The van der Waals surface area contributed by atoms with Crippen LogP contribution in [0.3, 0.4) is 0 Å². The first-order chi connectivity index (χ1) is 7.77. The molecule has 1 aromatic heterocycles. The van der Waals surface area contributed by atoms with Gasteiger partial charge in [0.05, 0.1) is 14.7 Å². The molecule has 1 rings (SSSR count). The zero-order valence-electron chi connectivity index (χ0n) is 9.78. The molecule has 1 N–H and O–H groups in total. The Bertz CT molecular complexity index is 522. The van der Waals surface area contributed by atoms with Crippen LogP contribution in [-0.4, -0.2) is 20.2 Å². The summed E-state index contributed by atoms with van der Waals surface area (Å²) in [7, 11) is -3.61. The van der Waals surface area contributed by atoms with Crippen LogP contribution in [0.1, 0.15) is 25.1 Å². The zero-order chi connectivity index (χ0) is 13.2. The molecule has 7 heteroatoms. The molecule has 0 saturated carbocycles. The number of aryl methyl sites for hydroxylation is 1. The third-order valence-corrected chi connectivity index (χ3v) is 5.64. The summed E-state index contributed by atoms with van der Waals surface area (Å²) >= 11 is 4.59. The van der Waals surface area contributed by atoms with Crippen LogP contribution in [0, 0.1) is 6.92 Å². The van der Waals surface area contributed by atoms with E-state index in [0.29, 0.717) is 11.3 Å². The lowest BCUT2D eigenvalue weighted by Gasteiger charge is -2.11. The summed E-state index contributed by atoms with van der Waals surface area (Å²) in [5, 5.41) is 0. The number of halogens is 1. The highest BCUT2D eigenvalue weighted by molar-refractivity contribution is 9.11. The van der Waals surface area contributed by atoms with Gasteiger partial charge in [-0.15, -0.1) is 11.3 Å². The van der Waals surface area contributed by atoms with Gasteiger partial charge in [-0.1, -0.05) is 6.92 Å². The smallest absolute Gasteiger partial charge is 0.242 e. The van der Waals surface area contributed by atoms with E-state index >= 15 is 0 Å². The maximum atomic E-state index is 12.0. The summed E-state index contributed by atoms with van der Waals surface area (Å²) in [5.41, 5.74) is 0. The van der Waals surface area contributed by atoms with Crippen LogP contribution in [0.5, 0.6) is 0 Å². The molecule has 0 bridgehead atoms. The molecule has 0 fully saturated rings. The fourth-order valence-corrected chi connectivity index (χ4v) is 5.01. The molecule has 0 saturated heterocycles. The van der Waals surface area contributed by atoms with Crippen molar-refractivity contribution in [3.8, 4) is 0 Å². The van der Waals surface area contributed by atoms with Crippen molar-refractivity contribution in [1.82, 2.24) is 4.72 Å². The number of carbonyl (C=O) groups excluding carboxylic acids is 1. The van der Waals surface area contributed by atoms with Gasteiger partial charge < -0.3 is 0 Å². The van der Waals surface area contributed by atoms with Crippen molar-refractivity contribution in [2.24, 2.45) is 0 Å². The van der Waals surface area contributed by atoms with E-state index in [1.165, 1.54) is 11.3 Å². The summed E-state index contributed by atoms with van der Waals surface area (Å²) < 4.78 is 27.2. The van der Waals surface area contributed by atoms with Gasteiger partial charge in [0.25, 0.3) is 0 Å². The molecule has 96 valence electrons. The van der Waals surface area contributed by atoms with E-state index in [1.807, 2.05) is 0 Å². The van der Waals surface area contributed by atoms with E-state index in [9.17, 15) is 13.2 Å². The lowest BCUT2D eigenvalue weighted by atomic mass is 10.2. The maximum absolute atomic E-state index is 12.0. The second kappa shape index (κ2) is 5.60. The summed E-state index contributed by atoms with van der Waals surface area (Å²) in [6.07, 6.45) is 0.315. The molecule has 0 spiro atoms. The predicted molar refractivity (Wildman–Crippen MR) is 71.8 cm³/mol. The monoisotopic (exact) mass is 339 g/mol. The number of Topliss-reactive ketones (excluding diaryl/α,β-unsaturated/α-hetero) is 1. The highest BCUT2D eigenvalue weighted by atomic mass is 79.9. The molecule has 1 heterocycles. The van der Waals surface area contributed by atoms with Crippen molar-refractivity contribution in [2.45, 2.75) is 38.1 Å². The molecule has 17 heavy (non-hydrogen) atoms. The van der Waals surface area contributed by atoms with Crippen LogP contribution < -0.4 is 4.72 Å². The minimum Gasteiger partial charge on any atom is -0.298 e. The molecule has 0 aliphatic carbocycles. The number of hydrogen-bond acceptors (Lipinski definition) is 4. The molecule has 0 amide bonds. The highest BCUT2D eigenvalue weighted by Gasteiger charge is 2.23. The molecule has 4 nitrogen and oxygen atoms in total. The Hall–Kier alpha value is -0.240. The quantitative estimate of drug-likeness (QED) is 0.896. The first-order valence-corrected chi connectivity index (χ1v) is 8.18. The van der Waals surface area contributed by atoms with Gasteiger partial charge >= 0.3 is 0 Å². The Labute approximate surface area is 114 Å². The van der Waals surface area contributed by atoms with Crippen molar-refractivity contribution >= 4 is 43.1 Å². The van der Waals surface area contributed by atoms with Gasteiger partial charge in [0, 0.05) is 11.3 Å². The Morgan fingerprint density at radius 1 is 1.59 bits per heavy atom. The largest absolute Gasteiger partial charge is 0.298 e. The fraction of sp³-hybridized carbons (Fsp3) is 0.500. The van der Waals surface area contributed by atoms with Crippen molar-refractivity contribution in [1.29, 1.82) is 0 Å². The molecule has 0 aliphatic heterocycles. The average molecular weight is 340 g/mol. The van der Waals surface area contributed by atoms with E-state index in [1.54, 1.807) is 26.8 Å². The van der Waals surface area contributed by atoms with Crippen molar-refractivity contribution in [3.63, 3.8) is 0 Å². The second-order valence-corrected chi connectivity index (χ2v) is 7.95. The highest BCUT2D eigenvalue weighted by Crippen LogP contribution is 2.29. The molecule has 1 aromatic rings. The van der Waals surface area contributed by atoms with Crippen molar-refractivity contribution < 1.29 is 13.2 Å². The van der Waals surface area contributed by atoms with Crippen LogP contribution in [0.4, 0.5) is 0 Å². The Kier molecular flexibility index (Phi) is 4.88. The summed E-state index contributed by atoms with van der Waals surface area (Å²) in [6.45, 7) is 5.00. The maximum Gasteiger partial charge on any atom is 0.242 e. The lowest BCUT2D eigenvalue weighted by Crippen LogP contribution is -2.38. The van der Waals surface area contributed by atoms with Crippen LogP contribution in [0.15, 0.2) is 14.7 Å². The third-order valence-electron chi connectivity index (χ3n) is 2.30. The molecular weight excluding hydrogens is 326 g/mol. The first kappa shape index (κ1) is 14.8. The topological polar surface area (TPSA) is 63.2 Å². The van der Waals surface area contributed by atoms with E-state index in [4.69, 9.17) is 0 Å². The molecule has 0 aromatic carbocycles. The van der Waals surface area contributed by atoms with Crippen molar-refractivity contribution in [2.75, 3.05) is 0 Å². The average Bonchev–Trinajstić information content (AvgIpc) is 2.56. The van der Waals surface area contributed by atoms with E-state index < -0.39 is 16.1 Å². The van der Waals surface area contributed by atoms with Crippen LogP contribution in [0.25, 0.3) is 0 Å². The molecule has 0 aliphatic rings. The normalized spacial score (nSPS) is 13.6. The number of sulfonamides is 1. The molecule has 1 atom stereocenters. The number of nitrogens with one attached hydrogen (secondary N) is 1. The minimum atomic E-state index is -3.61. The van der Waals surface area contributed by atoms with Crippen LogP contribution in [0.2, 0.25) is 0 Å². The molecule has 1 unspecified atom stereocenters. The van der Waals surface area contributed by atoms with Gasteiger partial charge in [0.2, 0.25) is 10.0 Å². The number of rotatable bonds is 5. The van der Waals surface area contributed by atoms with Crippen LogP contribution >= 0.6 is 27.3 Å². The number of thiophene rings is 1. The summed E-state index contributed by atoms with van der Waals surface area (Å²) in [4.78, 5) is 12.3. The molecular formula is C10H14BrNO3S2. The van der Waals surface area contributed by atoms with Gasteiger partial charge in [-0.2, -0.15) is 0 Å². The van der Waals surface area contributed by atoms with E-state index in [-0.39, 0.29) is 10.7 Å². The van der Waals surface area contributed by atoms with E-state index in [2.05, 4.69) is 20.7 Å². The second-order valence-electron chi connectivity index (χ2n) is 3.63. The standard InChI is InChI=1S/C10H14BrNO3S2/c1-4-8(13)6(2)12-17(14,15)9-5-10(11)16-7(9)3/h5-6,12H,4H2,1-3H3. The predicted octanol–water partition coefficient (Wildman–Crippen LogP) is 2.46. The third kappa shape index (κ3) is 3.61. The number of carbonyl (C=O) groups is 1. The number of ketones is 1. The van der Waals surface area contributed by atoms with Gasteiger partial charge in [-0.05, 0) is 35.8 Å². The van der Waals surface area contributed by atoms with Gasteiger partial charge in [0.1, 0.15) is 5.78 Å². The van der Waals surface area contributed by atoms with Gasteiger partial charge in [-0.3, -0.25) is 4.79 Å². The minimum absolute atomic E-state index is 0.125. The Morgan fingerprint density at radius 2 is 2.18 bits per heavy atom. The summed E-state index contributed by atoms with van der Waals surface area (Å²) in [5.74, 6) is -0.125. The van der Waals surface area contributed by atoms with Crippen LogP contribution in [-0.2, 0) is 14.8 Å². The SMILES string of the molecule is CCC(=O)C(C)NS(=O)(=O)c1cc(Br)sc1C. The van der Waals surface area contributed by atoms with Gasteiger partial charge in [0.15, 0.2) is 0 Å². The fourth-order valence-electron chi connectivity index (χ4n) is 1.37. The summed E-state index contributed by atoms with van der Waals surface area (Å²) in [6, 6.07) is 0.856. The van der Waals surface area contributed by atoms with Crippen molar-refractivity contribution in [3.05, 3.63) is 14.7 Å². The Morgan fingerprint density at radius 3 is 2.59 bits per heavy atom. The van der Waals surface area contributed by atoms with Gasteiger partial charge in [-0.25, -0.2) is 13.1 Å². The first-order valence-electron chi connectivity index (χ1n) is 5.09. The molecule has 0 radical (unpaired) electrons. The number of hydrogen-bond donors (Lipinski definition) is 1. The lowest BCUT2D eigenvalue weighted by molar-refractivity contribution is -0.119. The zero-order valence-corrected chi connectivity index (χ0v) is 13.0.